The molecular weight excluding hydrogens is 395 g/mol. The monoisotopic (exact) mass is 424 g/mol. The number of aryl methyl sites for hydroxylation is 1. The Hall–Kier alpha value is -2.93. The fraction of sp³-hybridized carbons (Fsp3) is 0.417. The van der Waals surface area contributed by atoms with Crippen molar-refractivity contribution in [1.29, 1.82) is 0 Å². The van der Waals surface area contributed by atoms with Crippen molar-refractivity contribution in [3.63, 3.8) is 0 Å². The highest BCUT2D eigenvalue weighted by molar-refractivity contribution is 6.34. The van der Waals surface area contributed by atoms with E-state index < -0.39 is 5.82 Å². The Labute approximate surface area is 181 Å². The summed E-state index contributed by atoms with van der Waals surface area (Å²) in [4.78, 5) is 28.1. The molecule has 2 aromatic rings. The van der Waals surface area contributed by atoms with E-state index in [-0.39, 0.29) is 11.8 Å². The molecule has 2 amide bonds. The van der Waals surface area contributed by atoms with Gasteiger partial charge in [0.15, 0.2) is 0 Å². The summed E-state index contributed by atoms with van der Waals surface area (Å²) in [7, 11) is 0. The second kappa shape index (κ2) is 9.06. The molecule has 0 spiro atoms. The van der Waals surface area contributed by atoms with Crippen LogP contribution in [0.25, 0.3) is 11.6 Å². The van der Waals surface area contributed by atoms with Gasteiger partial charge in [-0.05, 0) is 56.5 Å². The average molecular weight is 425 g/mol. The quantitative estimate of drug-likeness (QED) is 0.515. The first-order valence-corrected chi connectivity index (χ1v) is 11.0. The number of hydrogen-bond donors (Lipinski definition) is 4. The number of fused-ring (bicyclic) bond motifs is 1. The average Bonchev–Trinajstić information content (AvgIpc) is 3.19. The van der Waals surface area contributed by atoms with Gasteiger partial charge in [-0.15, -0.1) is 0 Å². The second-order valence-corrected chi connectivity index (χ2v) is 8.45. The van der Waals surface area contributed by atoms with Gasteiger partial charge in [0.1, 0.15) is 5.82 Å². The molecule has 0 unspecified atom stereocenters. The maximum atomic E-state index is 13.7. The number of anilines is 2. The molecule has 7 heteroatoms. The smallest absolute Gasteiger partial charge is 0.256 e. The van der Waals surface area contributed by atoms with E-state index in [4.69, 9.17) is 0 Å². The van der Waals surface area contributed by atoms with Crippen LogP contribution in [0.5, 0.6) is 0 Å². The van der Waals surface area contributed by atoms with Crippen LogP contribution in [0.2, 0.25) is 0 Å². The molecule has 2 heterocycles. The van der Waals surface area contributed by atoms with Crippen LogP contribution in [-0.2, 0) is 9.59 Å². The summed E-state index contributed by atoms with van der Waals surface area (Å²) in [5.74, 6) is -0.708. The van der Waals surface area contributed by atoms with Gasteiger partial charge in [-0.3, -0.25) is 9.59 Å². The van der Waals surface area contributed by atoms with Crippen molar-refractivity contribution in [2.24, 2.45) is 0 Å². The van der Waals surface area contributed by atoms with E-state index in [0.717, 1.165) is 22.6 Å². The molecule has 1 aliphatic heterocycles. The molecule has 1 aromatic carbocycles. The molecule has 4 N–H and O–H groups in total. The lowest BCUT2D eigenvalue weighted by Crippen LogP contribution is -2.33. The molecular formula is C24H29FN4O2. The summed E-state index contributed by atoms with van der Waals surface area (Å²) in [6.45, 7) is 4.44. The zero-order valence-corrected chi connectivity index (χ0v) is 18.0. The van der Waals surface area contributed by atoms with Crippen LogP contribution < -0.4 is 16.0 Å². The molecule has 1 saturated carbocycles. The molecule has 164 valence electrons. The molecule has 0 radical (unpaired) electrons. The minimum Gasteiger partial charge on any atom is -0.357 e. The van der Waals surface area contributed by atoms with Crippen LogP contribution in [-0.4, -0.2) is 29.4 Å². The Morgan fingerprint density at radius 2 is 2.00 bits per heavy atom. The van der Waals surface area contributed by atoms with Gasteiger partial charge < -0.3 is 20.9 Å². The van der Waals surface area contributed by atoms with Crippen LogP contribution in [0.1, 0.15) is 61.0 Å². The third-order valence-corrected chi connectivity index (χ3v) is 6.18. The van der Waals surface area contributed by atoms with Gasteiger partial charge in [-0.2, -0.15) is 0 Å². The highest BCUT2D eigenvalue weighted by Gasteiger charge is 2.25. The Morgan fingerprint density at radius 1 is 1.23 bits per heavy atom. The fourth-order valence-electron chi connectivity index (χ4n) is 4.45. The number of amides is 2. The van der Waals surface area contributed by atoms with Crippen LogP contribution in [0.3, 0.4) is 0 Å². The van der Waals surface area contributed by atoms with Crippen molar-refractivity contribution in [1.82, 2.24) is 10.3 Å². The first-order valence-electron chi connectivity index (χ1n) is 11.0. The molecule has 31 heavy (non-hydrogen) atoms. The lowest BCUT2D eigenvalue weighted by molar-refractivity contribution is -0.116. The third kappa shape index (κ3) is 4.71. The van der Waals surface area contributed by atoms with Crippen LogP contribution >= 0.6 is 0 Å². The fourth-order valence-corrected chi connectivity index (χ4v) is 4.45. The van der Waals surface area contributed by atoms with Crippen molar-refractivity contribution >= 4 is 34.8 Å². The van der Waals surface area contributed by atoms with Crippen LogP contribution in [0.4, 0.5) is 15.8 Å². The van der Waals surface area contributed by atoms with Crippen molar-refractivity contribution in [2.75, 3.05) is 17.2 Å². The van der Waals surface area contributed by atoms with Crippen molar-refractivity contribution in [3.05, 3.63) is 46.5 Å². The van der Waals surface area contributed by atoms with Crippen molar-refractivity contribution < 1.29 is 14.0 Å². The Kier molecular flexibility index (Phi) is 6.23. The first-order chi connectivity index (χ1) is 14.9. The topological polar surface area (TPSA) is 86.0 Å². The van der Waals surface area contributed by atoms with Gasteiger partial charge in [0.05, 0.1) is 11.3 Å². The molecule has 0 saturated heterocycles. The Morgan fingerprint density at radius 3 is 2.77 bits per heavy atom. The van der Waals surface area contributed by atoms with Crippen molar-refractivity contribution in [2.45, 2.75) is 58.4 Å². The van der Waals surface area contributed by atoms with Gasteiger partial charge in [-0.1, -0.05) is 19.3 Å². The van der Waals surface area contributed by atoms with Gasteiger partial charge in [0.2, 0.25) is 5.91 Å². The predicted octanol–water partition coefficient (Wildman–Crippen LogP) is 4.51. The number of nitrogens with one attached hydrogen (secondary N) is 4. The SMILES string of the molecule is Cc1[nH]c(/C=C2\C(=O)Nc3ccc(F)cc32)c(C)c1NC(=O)CCNC1CCCCC1. The number of rotatable bonds is 6. The normalized spacial score (nSPS) is 17.6. The third-order valence-electron chi connectivity index (χ3n) is 6.18. The minimum atomic E-state index is -0.393. The molecule has 1 aliphatic carbocycles. The molecule has 0 bridgehead atoms. The van der Waals surface area contributed by atoms with E-state index in [1.807, 2.05) is 13.8 Å². The molecule has 4 rings (SSSR count). The van der Waals surface area contributed by atoms with Gasteiger partial charge >= 0.3 is 0 Å². The van der Waals surface area contributed by atoms with Crippen LogP contribution in [0.15, 0.2) is 18.2 Å². The summed E-state index contributed by atoms with van der Waals surface area (Å²) < 4.78 is 13.7. The molecule has 1 fully saturated rings. The minimum absolute atomic E-state index is 0.0428. The standard InChI is InChI=1S/C24H29FN4O2/c1-14-21(13-19-18-12-16(25)8-9-20(18)28-24(19)31)27-15(2)23(14)29-22(30)10-11-26-17-6-4-3-5-7-17/h8-9,12-13,17,26-27H,3-7,10-11H2,1-2H3,(H,28,31)(H,29,30)/b19-13-. The highest BCUT2D eigenvalue weighted by atomic mass is 19.1. The zero-order chi connectivity index (χ0) is 22.0. The van der Waals surface area contributed by atoms with E-state index in [1.54, 1.807) is 12.1 Å². The highest BCUT2D eigenvalue weighted by Crippen LogP contribution is 2.35. The molecule has 0 atom stereocenters. The molecule has 6 nitrogen and oxygen atoms in total. The second-order valence-electron chi connectivity index (χ2n) is 8.45. The summed E-state index contributed by atoms with van der Waals surface area (Å²) in [5, 5.41) is 9.24. The zero-order valence-electron chi connectivity index (χ0n) is 18.0. The maximum absolute atomic E-state index is 13.7. The van der Waals surface area contributed by atoms with Gasteiger partial charge in [0, 0.05) is 41.6 Å². The van der Waals surface area contributed by atoms with E-state index >= 15 is 0 Å². The van der Waals surface area contributed by atoms with E-state index in [0.29, 0.717) is 35.8 Å². The summed E-state index contributed by atoms with van der Waals surface area (Å²) >= 11 is 0. The number of hydrogen-bond acceptors (Lipinski definition) is 3. The lowest BCUT2D eigenvalue weighted by Gasteiger charge is -2.22. The molecule has 2 aliphatic rings. The Balaban J connectivity index is 1.44. The number of halogens is 1. The largest absolute Gasteiger partial charge is 0.357 e. The number of H-pyrrole nitrogens is 1. The maximum Gasteiger partial charge on any atom is 0.256 e. The predicted molar refractivity (Wildman–Crippen MR) is 121 cm³/mol. The number of benzene rings is 1. The van der Waals surface area contributed by atoms with E-state index in [2.05, 4.69) is 20.9 Å². The number of carbonyl (C=O) groups excluding carboxylic acids is 2. The van der Waals surface area contributed by atoms with E-state index in [1.165, 1.54) is 44.2 Å². The number of aromatic nitrogens is 1. The van der Waals surface area contributed by atoms with Gasteiger partial charge in [0.25, 0.3) is 5.91 Å². The number of aromatic amines is 1. The first kappa shape index (κ1) is 21.3. The number of carbonyl (C=O) groups is 2. The Bertz CT molecular complexity index is 1030. The summed E-state index contributed by atoms with van der Waals surface area (Å²) in [5.41, 5.74) is 4.64. The lowest BCUT2D eigenvalue weighted by atomic mass is 9.95. The van der Waals surface area contributed by atoms with E-state index in [9.17, 15) is 14.0 Å². The summed E-state index contributed by atoms with van der Waals surface area (Å²) in [6.07, 6.45) is 8.34. The summed E-state index contributed by atoms with van der Waals surface area (Å²) in [6, 6.07) is 4.76. The van der Waals surface area contributed by atoms with Gasteiger partial charge in [-0.25, -0.2) is 4.39 Å². The molecule has 1 aromatic heterocycles. The van der Waals surface area contributed by atoms with Crippen molar-refractivity contribution in [3.8, 4) is 0 Å². The van der Waals surface area contributed by atoms with Crippen LogP contribution in [0, 0.1) is 19.7 Å².